The summed E-state index contributed by atoms with van der Waals surface area (Å²) in [6.07, 6.45) is 7.99. The Labute approximate surface area is 125 Å². The smallest absolute Gasteiger partial charge is 0.293 e. The molecule has 1 fully saturated rings. The maximum absolute atomic E-state index is 12.7. The second-order valence-electron chi connectivity index (χ2n) is 6.45. The van der Waals surface area contributed by atoms with Gasteiger partial charge in [0.25, 0.3) is 5.56 Å². The molecule has 1 saturated heterocycles. The molecule has 1 aromatic heterocycles. The summed E-state index contributed by atoms with van der Waals surface area (Å²) in [7, 11) is 0. The molecule has 1 aromatic rings. The summed E-state index contributed by atoms with van der Waals surface area (Å²) < 4.78 is 1.76. The molecule has 0 bridgehead atoms. The average Bonchev–Trinajstić information content (AvgIpc) is 2.62. The van der Waals surface area contributed by atoms with E-state index in [4.69, 9.17) is 11.6 Å². The van der Waals surface area contributed by atoms with E-state index in [2.05, 4.69) is 9.88 Å². The predicted molar refractivity (Wildman–Crippen MR) is 83.8 cm³/mol. The molecule has 1 atom stereocenters. The van der Waals surface area contributed by atoms with Crippen LogP contribution in [0.1, 0.15) is 46.5 Å². The highest BCUT2D eigenvalue weighted by atomic mass is 35.5. The van der Waals surface area contributed by atoms with Crippen molar-refractivity contribution in [1.29, 1.82) is 0 Å². The molecule has 1 aliphatic heterocycles. The molecule has 0 spiro atoms. The van der Waals surface area contributed by atoms with E-state index >= 15 is 0 Å². The molecule has 112 valence electrons. The standard InChI is InChI=1S/C15H24ClN3O/c1-15(2,3)19-10-8-17-13(14(19)20)18-9-6-4-5-7-12(18)11-16/h8,10,12H,4-7,9,11H2,1-3H3. The van der Waals surface area contributed by atoms with Gasteiger partial charge in [0.15, 0.2) is 5.82 Å². The fourth-order valence-corrected chi connectivity index (χ4v) is 3.06. The van der Waals surface area contributed by atoms with Crippen molar-refractivity contribution in [2.45, 2.75) is 58.0 Å². The molecular weight excluding hydrogens is 274 g/mol. The van der Waals surface area contributed by atoms with Gasteiger partial charge in [0.2, 0.25) is 0 Å². The molecule has 0 amide bonds. The second kappa shape index (κ2) is 6.17. The summed E-state index contributed by atoms with van der Waals surface area (Å²) in [6.45, 7) is 6.95. The SMILES string of the molecule is CC(C)(C)n1ccnc(N2CCCCCC2CCl)c1=O. The predicted octanol–water partition coefficient (Wildman–Crippen LogP) is 2.99. The summed E-state index contributed by atoms with van der Waals surface area (Å²) >= 11 is 6.10. The first-order valence-corrected chi connectivity index (χ1v) is 7.89. The van der Waals surface area contributed by atoms with Crippen LogP contribution in [0.15, 0.2) is 17.2 Å². The van der Waals surface area contributed by atoms with Crippen molar-refractivity contribution in [2.75, 3.05) is 17.3 Å². The van der Waals surface area contributed by atoms with Crippen LogP contribution in [0.4, 0.5) is 5.82 Å². The number of hydrogen-bond donors (Lipinski definition) is 0. The quantitative estimate of drug-likeness (QED) is 0.788. The van der Waals surface area contributed by atoms with Gasteiger partial charge in [-0.05, 0) is 33.6 Å². The lowest BCUT2D eigenvalue weighted by atomic mass is 10.1. The van der Waals surface area contributed by atoms with E-state index in [0.717, 1.165) is 19.4 Å². The fourth-order valence-electron chi connectivity index (χ4n) is 2.74. The Kier molecular flexibility index (Phi) is 4.74. The van der Waals surface area contributed by atoms with Gasteiger partial charge in [-0.2, -0.15) is 0 Å². The van der Waals surface area contributed by atoms with Gasteiger partial charge in [-0.3, -0.25) is 4.79 Å². The van der Waals surface area contributed by atoms with E-state index in [-0.39, 0.29) is 17.1 Å². The van der Waals surface area contributed by atoms with Gasteiger partial charge in [0.05, 0.1) is 0 Å². The Balaban J connectivity index is 2.43. The van der Waals surface area contributed by atoms with Crippen molar-refractivity contribution in [3.8, 4) is 0 Å². The lowest BCUT2D eigenvalue weighted by molar-refractivity contribution is 0.381. The van der Waals surface area contributed by atoms with Crippen LogP contribution in [0.2, 0.25) is 0 Å². The number of alkyl halides is 1. The number of halogens is 1. The summed E-state index contributed by atoms with van der Waals surface area (Å²) in [5.74, 6) is 1.10. The fraction of sp³-hybridized carbons (Fsp3) is 0.733. The number of hydrogen-bond acceptors (Lipinski definition) is 3. The first-order valence-electron chi connectivity index (χ1n) is 7.36. The summed E-state index contributed by atoms with van der Waals surface area (Å²) in [4.78, 5) is 19.2. The molecule has 2 rings (SSSR count). The maximum Gasteiger partial charge on any atom is 0.293 e. The average molecular weight is 298 g/mol. The van der Waals surface area contributed by atoms with E-state index in [9.17, 15) is 4.79 Å². The number of anilines is 1. The van der Waals surface area contributed by atoms with E-state index in [1.54, 1.807) is 17.0 Å². The third-order valence-electron chi connectivity index (χ3n) is 3.87. The molecule has 0 N–H and O–H groups in total. The molecule has 5 heteroatoms. The van der Waals surface area contributed by atoms with Gasteiger partial charge >= 0.3 is 0 Å². The Bertz CT molecular complexity index is 507. The highest BCUT2D eigenvalue weighted by Gasteiger charge is 2.25. The minimum atomic E-state index is -0.239. The monoisotopic (exact) mass is 297 g/mol. The van der Waals surface area contributed by atoms with Crippen LogP contribution in [0.5, 0.6) is 0 Å². The largest absolute Gasteiger partial charge is 0.348 e. The van der Waals surface area contributed by atoms with Crippen molar-refractivity contribution >= 4 is 17.4 Å². The van der Waals surface area contributed by atoms with Gasteiger partial charge in [-0.1, -0.05) is 12.8 Å². The van der Waals surface area contributed by atoms with Gasteiger partial charge < -0.3 is 9.47 Å². The van der Waals surface area contributed by atoms with E-state index in [1.807, 2.05) is 20.8 Å². The van der Waals surface area contributed by atoms with Crippen LogP contribution in [0.3, 0.4) is 0 Å². The van der Waals surface area contributed by atoms with Crippen molar-refractivity contribution in [2.24, 2.45) is 0 Å². The molecule has 0 aliphatic carbocycles. The molecule has 0 aromatic carbocycles. The minimum absolute atomic E-state index is 0.0167. The zero-order chi connectivity index (χ0) is 14.8. The minimum Gasteiger partial charge on any atom is -0.348 e. The van der Waals surface area contributed by atoms with Crippen molar-refractivity contribution in [3.63, 3.8) is 0 Å². The lowest BCUT2D eigenvalue weighted by Crippen LogP contribution is -2.43. The van der Waals surface area contributed by atoms with E-state index in [1.165, 1.54) is 12.8 Å². The van der Waals surface area contributed by atoms with Gasteiger partial charge in [0.1, 0.15) is 0 Å². The summed E-state index contributed by atoms with van der Waals surface area (Å²) in [5.41, 5.74) is -0.256. The third-order valence-corrected chi connectivity index (χ3v) is 4.23. The third kappa shape index (κ3) is 3.17. The highest BCUT2D eigenvalue weighted by molar-refractivity contribution is 6.18. The number of aromatic nitrogens is 2. The Morgan fingerprint density at radius 2 is 2.10 bits per heavy atom. The summed E-state index contributed by atoms with van der Waals surface area (Å²) in [6, 6.07) is 0.218. The first-order chi connectivity index (χ1) is 9.45. The molecule has 2 heterocycles. The van der Waals surface area contributed by atoms with Crippen molar-refractivity contribution < 1.29 is 0 Å². The van der Waals surface area contributed by atoms with Crippen LogP contribution in [0, 0.1) is 0 Å². The maximum atomic E-state index is 12.7. The van der Waals surface area contributed by atoms with Gasteiger partial charge in [-0.25, -0.2) is 4.98 Å². The van der Waals surface area contributed by atoms with Gasteiger partial charge in [-0.15, -0.1) is 11.6 Å². The highest BCUT2D eigenvalue weighted by Crippen LogP contribution is 2.22. The molecule has 20 heavy (non-hydrogen) atoms. The number of nitrogens with zero attached hydrogens (tertiary/aromatic N) is 3. The Morgan fingerprint density at radius 3 is 2.75 bits per heavy atom. The zero-order valence-corrected chi connectivity index (χ0v) is 13.4. The summed E-state index contributed by atoms with van der Waals surface area (Å²) in [5, 5.41) is 0. The molecule has 4 nitrogen and oxygen atoms in total. The molecule has 0 saturated carbocycles. The number of rotatable bonds is 2. The zero-order valence-electron chi connectivity index (χ0n) is 12.6. The van der Waals surface area contributed by atoms with Crippen LogP contribution in [-0.4, -0.2) is 28.0 Å². The second-order valence-corrected chi connectivity index (χ2v) is 6.76. The van der Waals surface area contributed by atoms with Gasteiger partial charge in [0, 0.05) is 36.4 Å². The van der Waals surface area contributed by atoms with Crippen molar-refractivity contribution in [1.82, 2.24) is 9.55 Å². The van der Waals surface area contributed by atoms with Crippen LogP contribution >= 0.6 is 11.6 Å². The molecule has 1 aliphatic rings. The van der Waals surface area contributed by atoms with E-state index < -0.39 is 0 Å². The van der Waals surface area contributed by atoms with Crippen LogP contribution in [0.25, 0.3) is 0 Å². The first kappa shape index (κ1) is 15.4. The van der Waals surface area contributed by atoms with Crippen molar-refractivity contribution in [3.05, 3.63) is 22.7 Å². The molecule has 0 radical (unpaired) electrons. The Hall–Kier alpha value is -1.03. The molecular formula is C15H24ClN3O. The Morgan fingerprint density at radius 1 is 1.35 bits per heavy atom. The van der Waals surface area contributed by atoms with E-state index in [0.29, 0.717) is 11.7 Å². The molecule has 1 unspecified atom stereocenters. The lowest BCUT2D eigenvalue weighted by Gasteiger charge is -2.30. The normalized spacial score (nSPS) is 20.8. The van der Waals surface area contributed by atoms with Crippen LogP contribution < -0.4 is 10.5 Å². The van der Waals surface area contributed by atoms with Crippen LogP contribution in [-0.2, 0) is 5.54 Å². The topological polar surface area (TPSA) is 38.1 Å².